The Morgan fingerprint density at radius 3 is 2.78 bits per heavy atom. The molecule has 1 aromatic heterocycles. The first-order valence-corrected chi connectivity index (χ1v) is 8.34. The van der Waals surface area contributed by atoms with Crippen LogP contribution in [0.1, 0.15) is 23.6 Å². The predicted molar refractivity (Wildman–Crippen MR) is 88.2 cm³/mol. The normalized spacial score (nSPS) is 23.6. The van der Waals surface area contributed by atoms with Crippen LogP contribution in [0.5, 0.6) is 0 Å². The third-order valence-electron chi connectivity index (χ3n) is 5.00. The number of hydrogen-bond donors (Lipinski definition) is 0. The van der Waals surface area contributed by atoms with E-state index in [1.54, 1.807) is 18.2 Å². The molecule has 2 aliphatic rings. The first kappa shape index (κ1) is 14.9. The zero-order valence-electron chi connectivity index (χ0n) is 12.7. The summed E-state index contributed by atoms with van der Waals surface area (Å²) in [6, 6.07) is 10.3. The van der Waals surface area contributed by atoms with Gasteiger partial charge >= 0.3 is 0 Å². The lowest BCUT2D eigenvalue weighted by Crippen LogP contribution is -2.46. The van der Waals surface area contributed by atoms with Gasteiger partial charge in [0.2, 0.25) is 0 Å². The second-order valence-electron chi connectivity index (χ2n) is 6.59. The van der Waals surface area contributed by atoms with Crippen molar-refractivity contribution in [2.45, 2.75) is 25.4 Å². The highest BCUT2D eigenvalue weighted by molar-refractivity contribution is 6.31. The van der Waals surface area contributed by atoms with Crippen molar-refractivity contribution in [3.05, 3.63) is 68.8 Å². The van der Waals surface area contributed by atoms with Crippen LogP contribution in [0.4, 0.5) is 4.39 Å². The number of likely N-dealkylation sites (tertiary alicyclic amines) is 1. The van der Waals surface area contributed by atoms with Crippen molar-refractivity contribution in [3.8, 4) is 0 Å². The molecule has 0 unspecified atom stereocenters. The fraction of sp³-hybridized carbons (Fsp3) is 0.389. The molecule has 5 heteroatoms. The topological polar surface area (TPSA) is 25.2 Å². The number of benzene rings is 1. The summed E-state index contributed by atoms with van der Waals surface area (Å²) in [5.41, 5.74) is 1.76. The number of nitrogens with zero attached hydrogens (tertiary/aromatic N) is 2. The van der Waals surface area contributed by atoms with Gasteiger partial charge in [0, 0.05) is 54.4 Å². The zero-order valence-corrected chi connectivity index (χ0v) is 13.5. The van der Waals surface area contributed by atoms with Gasteiger partial charge in [-0.2, -0.15) is 0 Å². The Hall–Kier alpha value is -1.65. The second-order valence-corrected chi connectivity index (χ2v) is 7.00. The molecule has 1 saturated heterocycles. The monoisotopic (exact) mass is 332 g/mol. The minimum absolute atomic E-state index is 0.0859. The highest BCUT2D eigenvalue weighted by Gasteiger charge is 2.34. The zero-order chi connectivity index (χ0) is 16.0. The van der Waals surface area contributed by atoms with Gasteiger partial charge in [-0.1, -0.05) is 23.7 Å². The minimum Gasteiger partial charge on any atom is -0.312 e. The van der Waals surface area contributed by atoms with E-state index in [0.717, 1.165) is 31.7 Å². The van der Waals surface area contributed by atoms with Crippen molar-refractivity contribution in [2.24, 2.45) is 5.92 Å². The highest BCUT2D eigenvalue weighted by Crippen LogP contribution is 2.36. The van der Waals surface area contributed by atoms with E-state index in [1.165, 1.54) is 6.07 Å². The summed E-state index contributed by atoms with van der Waals surface area (Å²) in [6.07, 6.45) is 1.10. The molecule has 2 aromatic rings. The van der Waals surface area contributed by atoms with Crippen LogP contribution in [-0.4, -0.2) is 22.6 Å². The Morgan fingerprint density at radius 1 is 1.13 bits per heavy atom. The van der Waals surface area contributed by atoms with E-state index in [0.29, 0.717) is 29.0 Å². The van der Waals surface area contributed by atoms with Crippen molar-refractivity contribution in [1.82, 2.24) is 9.47 Å². The molecular weight excluding hydrogens is 315 g/mol. The summed E-state index contributed by atoms with van der Waals surface area (Å²) < 4.78 is 15.9. The van der Waals surface area contributed by atoms with Crippen LogP contribution < -0.4 is 5.56 Å². The maximum atomic E-state index is 14.0. The lowest BCUT2D eigenvalue weighted by molar-refractivity contribution is 0.113. The summed E-state index contributed by atoms with van der Waals surface area (Å²) in [4.78, 5) is 14.3. The average molecular weight is 333 g/mol. The largest absolute Gasteiger partial charge is 0.312 e. The quantitative estimate of drug-likeness (QED) is 0.843. The van der Waals surface area contributed by atoms with Gasteiger partial charge < -0.3 is 4.57 Å². The molecule has 3 nitrogen and oxygen atoms in total. The second kappa shape index (κ2) is 5.77. The van der Waals surface area contributed by atoms with Crippen LogP contribution in [0.25, 0.3) is 0 Å². The average Bonchev–Trinajstić information content (AvgIpc) is 2.52. The molecule has 0 aliphatic carbocycles. The first-order chi connectivity index (χ1) is 11.1. The lowest BCUT2D eigenvalue weighted by atomic mass is 9.83. The van der Waals surface area contributed by atoms with Crippen molar-refractivity contribution in [1.29, 1.82) is 0 Å². The molecule has 2 bridgehead atoms. The Kier molecular flexibility index (Phi) is 3.74. The maximum absolute atomic E-state index is 14.0. The van der Waals surface area contributed by atoms with Crippen LogP contribution in [0.15, 0.2) is 41.2 Å². The summed E-state index contributed by atoms with van der Waals surface area (Å²) >= 11 is 6.16. The van der Waals surface area contributed by atoms with Crippen LogP contribution >= 0.6 is 11.6 Å². The van der Waals surface area contributed by atoms with Gasteiger partial charge in [-0.05, 0) is 30.5 Å². The van der Waals surface area contributed by atoms with E-state index < -0.39 is 0 Å². The van der Waals surface area contributed by atoms with E-state index in [9.17, 15) is 9.18 Å². The van der Waals surface area contributed by atoms with E-state index in [4.69, 9.17) is 11.6 Å². The number of pyridine rings is 1. The van der Waals surface area contributed by atoms with Gasteiger partial charge in [0.25, 0.3) is 5.56 Å². The number of fused-ring (bicyclic) bond motifs is 4. The number of halogens is 2. The smallest absolute Gasteiger partial charge is 0.250 e. The third kappa shape index (κ3) is 2.70. The molecule has 0 spiro atoms. The predicted octanol–water partition coefficient (Wildman–Crippen LogP) is 3.26. The van der Waals surface area contributed by atoms with Gasteiger partial charge in [-0.25, -0.2) is 4.39 Å². The Balaban J connectivity index is 1.60. The molecule has 3 heterocycles. The third-order valence-corrected chi connectivity index (χ3v) is 5.35. The molecule has 4 rings (SSSR count). The van der Waals surface area contributed by atoms with E-state index >= 15 is 0 Å². The maximum Gasteiger partial charge on any atom is 0.250 e. The summed E-state index contributed by atoms with van der Waals surface area (Å²) in [5, 5.41) is 0.484. The molecule has 0 saturated carbocycles. The van der Waals surface area contributed by atoms with Gasteiger partial charge in [-0.15, -0.1) is 0 Å². The fourth-order valence-electron chi connectivity index (χ4n) is 4.03. The van der Waals surface area contributed by atoms with Crippen LogP contribution in [-0.2, 0) is 13.1 Å². The number of hydrogen-bond acceptors (Lipinski definition) is 2. The lowest BCUT2D eigenvalue weighted by Gasteiger charge is -2.42. The van der Waals surface area contributed by atoms with Gasteiger partial charge in [-0.3, -0.25) is 9.69 Å². The van der Waals surface area contributed by atoms with Crippen LogP contribution in [0, 0.1) is 11.7 Å². The molecular formula is C18H18ClFN2O. The highest BCUT2D eigenvalue weighted by atomic mass is 35.5. The van der Waals surface area contributed by atoms with Gasteiger partial charge in [0.05, 0.1) is 0 Å². The minimum atomic E-state index is -0.246. The number of piperidine rings is 1. The fourth-order valence-corrected chi connectivity index (χ4v) is 4.25. The molecule has 0 amide bonds. The number of rotatable bonds is 2. The molecule has 2 aliphatic heterocycles. The molecule has 0 radical (unpaired) electrons. The molecule has 120 valence electrons. The molecule has 1 aromatic carbocycles. The van der Waals surface area contributed by atoms with Crippen molar-refractivity contribution in [2.75, 3.05) is 13.1 Å². The van der Waals surface area contributed by atoms with Crippen molar-refractivity contribution < 1.29 is 4.39 Å². The number of aromatic nitrogens is 1. The summed E-state index contributed by atoms with van der Waals surface area (Å²) in [7, 11) is 0. The van der Waals surface area contributed by atoms with E-state index in [2.05, 4.69) is 4.90 Å². The standard InChI is InChI=1S/C18H18ClFN2O/c19-15-3-1-4-16(20)14(15)11-21-8-12-7-13(10-21)17-5-2-6-18(23)22(17)9-12/h1-6,12-13H,7-11H2/t12-,13+/m1/s1. The van der Waals surface area contributed by atoms with Crippen molar-refractivity contribution >= 4 is 11.6 Å². The summed E-state index contributed by atoms with van der Waals surface area (Å²) in [6.45, 7) is 3.00. The SMILES string of the molecule is O=c1cccc2n1C[C@@H]1C[C@H]2CN(Cc2c(F)cccc2Cl)C1. The molecule has 0 N–H and O–H groups in total. The van der Waals surface area contributed by atoms with Gasteiger partial charge in [0.1, 0.15) is 5.82 Å². The molecule has 1 fully saturated rings. The van der Waals surface area contributed by atoms with Gasteiger partial charge in [0.15, 0.2) is 0 Å². The summed E-state index contributed by atoms with van der Waals surface area (Å²) in [5.74, 6) is 0.527. The Bertz CT molecular complexity index is 784. The molecule has 2 atom stereocenters. The van der Waals surface area contributed by atoms with Crippen LogP contribution in [0.2, 0.25) is 5.02 Å². The van der Waals surface area contributed by atoms with Crippen LogP contribution in [0.3, 0.4) is 0 Å². The molecule has 23 heavy (non-hydrogen) atoms. The van der Waals surface area contributed by atoms with E-state index in [1.807, 2.05) is 16.7 Å². The van der Waals surface area contributed by atoms with Crippen molar-refractivity contribution in [3.63, 3.8) is 0 Å². The van der Waals surface area contributed by atoms with E-state index in [-0.39, 0.29) is 11.4 Å². The Labute approximate surface area is 139 Å². The Morgan fingerprint density at radius 2 is 1.96 bits per heavy atom. The first-order valence-electron chi connectivity index (χ1n) is 7.97.